The van der Waals surface area contributed by atoms with E-state index in [4.69, 9.17) is 4.74 Å². The number of benzene rings is 1. The normalized spacial score (nSPS) is 10.1. The summed E-state index contributed by atoms with van der Waals surface area (Å²) < 4.78 is 5.85. The average Bonchev–Trinajstić information content (AvgIpc) is 2.41. The van der Waals surface area contributed by atoms with Gasteiger partial charge in [-0.25, -0.2) is 14.8 Å². The largest absolute Gasteiger partial charge is 0.465 e. The molecule has 1 aromatic carbocycles. The highest BCUT2D eigenvalue weighted by molar-refractivity contribution is 14.1. The predicted molar refractivity (Wildman–Crippen MR) is 80.6 cm³/mol. The van der Waals surface area contributed by atoms with Crippen molar-refractivity contribution in [1.29, 1.82) is 0 Å². The highest BCUT2D eigenvalue weighted by atomic mass is 127. The number of hydrogen-bond donors (Lipinski definition) is 1. The number of rotatable bonds is 3. The molecule has 0 radical (unpaired) electrons. The Morgan fingerprint density at radius 2 is 2.00 bits per heavy atom. The molecule has 0 saturated heterocycles. The number of nitrogens with one attached hydrogen (secondary N) is 1. The molecule has 0 unspecified atom stereocenters. The van der Waals surface area contributed by atoms with E-state index in [0.29, 0.717) is 17.2 Å². The molecule has 19 heavy (non-hydrogen) atoms. The minimum absolute atomic E-state index is 0.312. The molecule has 2 rings (SSSR count). The summed E-state index contributed by atoms with van der Waals surface area (Å²) in [5.74, 6) is 0.564. The molecule has 0 fully saturated rings. The molecule has 0 bridgehead atoms. The smallest absolute Gasteiger partial charge is 0.343 e. The van der Waals surface area contributed by atoms with Crippen molar-refractivity contribution in [2.24, 2.45) is 0 Å². The summed E-state index contributed by atoms with van der Waals surface area (Å²) in [5.41, 5.74) is 1.16. The lowest BCUT2D eigenvalue weighted by Gasteiger charge is -2.10. The van der Waals surface area contributed by atoms with E-state index in [0.717, 1.165) is 9.26 Å². The zero-order valence-electron chi connectivity index (χ0n) is 10.5. The Balaban J connectivity index is 2.35. The van der Waals surface area contributed by atoms with Crippen LogP contribution in [0.2, 0.25) is 0 Å². The average molecular weight is 369 g/mol. The van der Waals surface area contributed by atoms with E-state index in [9.17, 15) is 4.79 Å². The summed E-state index contributed by atoms with van der Waals surface area (Å²) in [4.78, 5) is 19.9. The number of aromatic nitrogens is 2. The summed E-state index contributed by atoms with van der Waals surface area (Å²) >= 11 is 2.23. The second-order valence-electron chi connectivity index (χ2n) is 3.80. The van der Waals surface area contributed by atoms with Crippen LogP contribution in [0.1, 0.15) is 16.2 Å². The first-order valence-electron chi connectivity index (χ1n) is 5.54. The minimum atomic E-state index is -0.465. The molecule has 1 N–H and O–H groups in total. The van der Waals surface area contributed by atoms with Gasteiger partial charge in [-0.1, -0.05) is 0 Å². The van der Waals surface area contributed by atoms with Gasteiger partial charge in [0.25, 0.3) is 0 Å². The zero-order valence-corrected chi connectivity index (χ0v) is 12.6. The van der Waals surface area contributed by atoms with Gasteiger partial charge in [0.2, 0.25) is 0 Å². The highest BCUT2D eigenvalue weighted by Gasteiger charge is 2.14. The minimum Gasteiger partial charge on any atom is -0.465 e. The van der Waals surface area contributed by atoms with Crippen LogP contribution < -0.4 is 5.32 Å². The van der Waals surface area contributed by atoms with E-state index in [1.165, 1.54) is 13.3 Å². The Morgan fingerprint density at radius 1 is 1.32 bits per heavy atom. The second kappa shape index (κ2) is 5.96. The fourth-order valence-corrected chi connectivity index (χ4v) is 1.85. The lowest BCUT2D eigenvalue weighted by atomic mass is 10.2. The van der Waals surface area contributed by atoms with Gasteiger partial charge in [-0.15, -0.1) is 0 Å². The number of carbonyl (C=O) groups is 1. The number of methoxy groups -OCH3 is 1. The standard InChI is InChI=1S/C13H12IN3O2/c1-8-15-7-11(13(18)19-2)12(16-8)17-10-5-3-9(14)4-6-10/h3-7H,1-2H3,(H,15,16,17). The number of nitrogens with zero attached hydrogens (tertiary/aromatic N) is 2. The first kappa shape index (κ1) is 13.7. The van der Waals surface area contributed by atoms with Crippen LogP contribution >= 0.6 is 22.6 Å². The first-order valence-corrected chi connectivity index (χ1v) is 6.62. The fourth-order valence-electron chi connectivity index (χ4n) is 1.49. The van der Waals surface area contributed by atoms with Gasteiger partial charge in [0.15, 0.2) is 0 Å². The molecule has 2 aromatic rings. The van der Waals surface area contributed by atoms with E-state index in [1.54, 1.807) is 6.92 Å². The molecule has 1 aromatic heterocycles. The third kappa shape index (κ3) is 3.40. The van der Waals surface area contributed by atoms with Gasteiger partial charge in [-0.05, 0) is 53.8 Å². The lowest BCUT2D eigenvalue weighted by Crippen LogP contribution is -2.09. The summed E-state index contributed by atoms with van der Waals surface area (Å²) in [5, 5.41) is 3.10. The van der Waals surface area contributed by atoms with Crippen molar-refractivity contribution in [3.05, 3.63) is 45.4 Å². The molecule has 5 nitrogen and oxygen atoms in total. The highest BCUT2D eigenvalue weighted by Crippen LogP contribution is 2.20. The van der Waals surface area contributed by atoms with Crippen molar-refractivity contribution in [3.8, 4) is 0 Å². The molecule has 0 aliphatic heterocycles. The quantitative estimate of drug-likeness (QED) is 0.666. The van der Waals surface area contributed by atoms with Crippen molar-refractivity contribution in [2.45, 2.75) is 6.92 Å². The van der Waals surface area contributed by atoms with Crippen molar-refractivity contribution in [1.82, 2.24) is 9.97 Å². The summed E-state index contributed by atoms with van der Waals surface area (Å²) in [6.45, 7) is 1.76. The van der Waals surface area contributed by atoms with E-state index in [-0.39, 0.29) is 0 Å². The number of halogens is 1. The van der Waals surface area contributed by atoms with E-state index in [2.05, 4.69) is 37.9 Å². The predicted octanol–water partition coefficient (Wildman–Crippen LogP) is 2.92. The number of anilines is 2. The molecule has 98 valence electrons. The maximum Gasteiger partial charge on any atom is 0.343 e. The molecule has 1 heterocycles. The SMILES string of the molecule is COC(=O)c1cnc(C)nc1Nc1ccc(I)cc1. The molecule has 0 atom stereocenters. The van der Waals surface area contributed by atoms with Crippen LogP contribution in [-0.2, 0) is 4.74 Å². The number of ether oxygens (including phenoxy) is 1. The van der Waals surface area contributed by atoms with Crippen LogP contribution in [-0.4, -0.2) is 23.0 Å². The second-order valence-corrected chi connectivity index (χ2v) is 5.05. The topological polar surface area (TPSA) is 64.1 Å². The summed E-state index contributed by atoms with van der Waals surface area (Å²) in [6.07, 6.45) is 1.46. The Kier molecular flexibility index (Phi) is 4.31. The molecular formula is C13H12IN3O2. The molecule has 0 aliphatic carbocycles. The maximum absolute atomic E-state index is 11.6. The van der Waals surface area contributed by atoms with Crippen LogP contribution in [0, 0.1) is 10.5 Å². The zero-order chi connectivity index (χ0) is 13.8. The lowest BCUT2D eigenvalue weighted by molar-refractivity contribution is 0.0601. The monoisotopic (exact) mass is 369 g/mol. The molecule has 0 saturated carbocycles. The van der Waals surface area contributed by atoms with E-state index in [1.807, 2.05) is 24.3 Å². The molecular weight excluding hydrogens is 357 g/mol. The first-order chi connectivity index (χ1) is 9.10. The Morgan fingerprint density at radius 3 is 2.63 bits per heavy atom. The Bertz CT molecular complexity index is 599. The molecule has 6 heteroatoms. The van der Waals surface area contributed by atoms with E-state index < -0.39 is 5.97 Å². The maximum atomic E-state index is 11.6. The number of hydrogen-bond acceptors (Lipinski definition) is 5. The van der Waals surface area contributed by atoms with Gasteiger partial charge in [-0.2, -0.15) is 0 Å². The van der Waals surface area contributed by atoms with E-state index >= 15 is 0 Å². The molecule has 0 amide bonds. The third-order valence-corrected chi connectivity index (χ3v) is 3.14. The fraction of sp³-hybridized carbons (Fsp3) is 0.154. The van der Waals surface area contributed by atoms with Gasteiger partial charge in [0, 0.05) is 15.5 Å². The van der Waals surface area contributed by atoms with Crippen molar-refractivity contribution in [3.63, 3.8) is 0 Å². The van der Waals surface area contributed by atoms with Gasteiger partial charge in [-0.3, -0.25) is 0 Å². The van der Waals surface area contributed by atoms with Gasteiger partial charge in [0.1, 0.15) is 17.2 Å². The number of esters is 1. The van der Waals surface area contributed by atoms with Crippen molar-refractivity contribution >= 4 is 40.1 Å². The van der Waals surface area contributed by atoms with Gasteiger partial charge in [0.05, 0.1) is 7.11 Å². The van der Waals surface area contributed by atoms with Crippen LogP contribution in [0.4, 0.5) is 11.5 Å². The summed E-state index contributed by atoms with van der Waals surface area (Å²) in [7, 11) is 1.33. The van der Waals surface area contributed by atoms with Crippen LogP contribution in [0.5, 0.6) is 0 Å². The third-order valence-electron chi connectivity index (χ3n) is 2.42. The number of carbonyl (C=O) groups excluding carboxylic acids is 1. The van der Waals surface area contributed by atoms with Crippen molar-refractivity contribution in [2.75, 3.05) is 12.4 Å². The van der Waals surface area contributed by atoms with Crippen molar-refractivity contribution < 1.29 is 9.53 Å². The van der Waals surface area contributed by atoms with Gasteiger partial charge >= 0.3 is 5.97 Å². The van der Waals surface area contributed by atoms with Gasteiger partial charge < -0.3 is 10.1 Å². The molecule has 0 spiro atoms. The van der Waals surface area contributed by atoms with Crippen LogP contribution in [0.3, 0.4) is 0 Å². The number of aryl methyl sites for hydroxylation is 1. The van der Waals surface area contributed by atoms with Crippen LogP contribution in [0.25, 0.3) is 0 Å². The van der Waals surface area contributed by atoms with Crippen LogP contribution in [0.15, 0.2) is 30.5 Å². The summed E-state index contributed by atoms with van der Waals surface area (Å²) in [6, 6.07) is 7.77. The Hall–Kier alpha value is -1.70. The molecule has 0 aliphatic rings. The Labute approximate surface area is 124 Å².